The van der Waals surface area contributed by atoms with Crippen molar-refractivity contribution in [1.29, 1.82) is 0 Å². The number of rotatable bonds is 9. The number of carbonyl (C=O) groups excluding carboxylic acids is 2. The molecule has 2 aromatic rings. The van der Waals surface area contributed by atoms with Crippen LogP contribution in [-0.2, 0) is 35.7 Å². The van der Waals surface area contributed by atoms with E-state index in [4.69, 9.17) is 10.6 Å². The van der Waals surface area contributed by atoms with E-state index in [2.05, 4.69) is 20.2 Å². The number of carboxylic acids is 1. The third-order valence-corrected chi connectivity index (χ3v) is 9.21. The summed E-state index contributed by atoms with van der Waals surface area (Å²) in [4.78, 5) is 48.1. The lowest BCUT2D eigenvalue weighted by Gasteiger charge is -2.49. The van der Waals surface area contributed by atoms with Crippen molar-refractivity contribution in [3.8, 4) is 0 Å². The number of nitrogens with one attached hydrogen (secondary N) is 2. The Morgan fingerprint density at radius 3 is 2.68 bits per heavy atom. The first-order chi connectivity index (χ1) is 18.0. The molecule has 2 aliphatic heterocycles. The lowest BCUT2D eigenvalue weighted by atomic mass is 9.98. The molecule has 1 saturated heterocycles. The third kappa shape index (κ3) is 5.24. The minimum absolute atomic E-state index is 0.0620. The molecule has 2 atom stereocenters. The number of fused-ring (bicyclic) bond motifs is 1. The number of aromatic nitrogens is 1. The fourth-order valence-corrected chi connectivity index (χ4v) is 6.94. The van der Waals surface area contributed by atoms with Gasteiger partial charge in [-0.15, -0.1) is 23.1 Å². The van der Waals surface area contributed by atoms with Gasteiger partial charge >= 0.3 is 5.97 Å². The van der Waals surface area contributed by atoms with Crippen LogP contribution in [0.2, 0.25) is 0 Å². The van der Waals surface area contributed by atoms with Gasteiger partial charge in [0.2, 0.25) is 10.0 Å². The predicted molar refractivity (Wildman–Crippen MR) is 141 cm³/mol. The van der Waals surface area contributed by atoms with Crippen molar-refractivity contribution in [1.82, 2.24) is 19.9 Å². The number of anilines is 1. The zero-order valence-electron chi connectivity index (χ0n) is 20.4. The highest BCUT2D eigenvalue weighted by atomic mass is 32.2. The summed E-state index contributed by atoms with van der Waals surface area (Å²) in [5.41, 5.74) is 7.20. The van der Waals surface area contributed by atoms with Crippen LogP contribution in [0.3, 0.4) is 0 Å². The van der Waals surface area contributed by atoms with Crippen molar-refractivity contribution in [3.63, 3.8) is 0 Å². The molecular formula is C22H24N6O7S3. The number of benzene rings is 1. The highest BCUT2D eigenvalue weighted by Crippen LogP contribution is 2.41. The van der Waals surface area contributed by atoms with Crippen LogP contribution in [-0.4, -0.2) is 78.2 Å². The predicted octanol–water partition coefficient (Wildman–Crippen LogP) is 0.274. The van der Waals surface area contributed by atoms with Gasteiger partial charge in [-0.05, 0) is 49.2 Å². The Kier molecular flexibility index (Phi) is 7.78. The number of oxime groups is 1. The number of aliphatic carboxylic acids is 1. The van der Waals surface area contributed by atoms with Crippen LogP contribution < -0.4 is 15.8 Å². The van der Waals surface area contributed by atoms with Gasteiger partial charge in [0.25, 0.3) is 11.8 Å². The highest BCUT2D eigenvalue weighted by molar-refractivity contribution is 8.00. The van der Waals surface area contributed by atoms with Crippen LogP contribution >= 0.6 is 23.1 Å². The molecular weight excluding hydrogens is 556 g/mol. The molecule has 0 spiro atoms. The molecule has 1 aromatic heterocycles. The first-order valence-electron chi connectivity index (χ1n) is 11.0. The van der Waals surface area contributed by atoms with Crippen LogP contribution in [0.4, 0.5) is 5.13 Å². The Bertz CT molecular complexity index is 1480. The number of thiazole rings is 1. The highest BCUT2D eigenvalue weighted by Gasteiger charge is 2.54. The molecule has 13 nitrogen and oxygen atoms in total. The number of carboxylic acid groups (broad SMARTS) is 1. The number of nitrogen functional groups attached to an aromatic ring is 1. The minimum atomic E-state index is -3.70. The summed E-state index contributed by atoms with van der Waals surface area (Å²) in [7, 11) is -1.14. The summed E-state index contributed by atoms with van der Waals surface area (Å²) in [6.45, 7) is 1.74. The van der Waals surface area contributed by atoms with Gasteiger partial charge in [-0.3, -0.25) is 14.5 Å². The number of nitrogens with two attached hydrogens (primary N) is 1. The van der Waals surface area contributed by atoms with E-state index in [1.54, 1.807) is 13.0 Å². The van der Waals surface area contributed by atoms with Crippen molar-refractivity contribution in [3.05, 3.63) is 51.7 Å². The number of nitrogens with zero attached hydrogens (tertiary/aromatic N) is 3. The van der Waals surface area contributed by atoms with Gasteiger partial charge in [0.15, 0.2) is 10.8 Å². The normalized spacial score (nSPS) is 19.6. The van der Waals surface area contributed by atoms with E-state index < -0.39 is 39.2 Å². The molecule has 202 valence electrons. The van der Waals surface area contributed by atoms with Gasteiger partial charge in [-0.1, -0.05) is 11.2 Å². The third-order valence-electron chi connectivity index (χ3n) is 5.81. The van der Waals surface area contributed by atoms with Crippen molar-refractivity contribution in [2.45, 2.75) is 29.7 Å². The fourth-order valence-electron chi connectivity index (χ4n) is 4.17. The average molecular weight is 581 g/mol. The fraction of sp³-hybridized carbons (Fsp3) is 0.318. The largest absolute Gasteiger partial charge is 0.477 e. The van der Waals surface area contributed by atoms with E-state index in [0.717, 1.165) is 16.2 Å². The van der Waals surface area contributed by atoms with Crippen molar-refractivity contribution < 1.29 is 32.7 Å². The van der Waals surface area contributed by atoms with Gasteiger partial charge in [-0.2, -0.15) is 0 Å². The van der Waals surface area contributed by atoms with Crippen LogP contribution in [0.25, 0.3) is 0 Å². The molecule has 0 unspecified atom stereocenters. The zero-order chi connectivity index (χ0) is 27.8. The molecule has 5 N–H and O–H groups in total. The second-order valence-electron chi connectivity index (χ2n) is 8.35. The van der Waals surface area contributed by atoms with E-state index in [9.17, 15) is 27.9 Å². The topological polar surface area (TPSA) is 193 Å². The van der Waals surface area contributed by atoms with Crippen LogP contribution in [0.1, 0.15) is 16.8 Å². The van der Waals surface area contributed by atoms with Crippen molar-refractivity contribution in [2.24, 2.45) is 5.16 Å². The SMILES string of the molecule is CNS(=O)(=O)c1cc(C)cc(CC2=C(C(=O)O)N3C(=O)[C@@H](NC(=O)/C(=N/OC)c4csc(N)n4)[C@H]3SC2)c1. The van der Waals surface area contributed by atoms with Gasteiger partial charge < -0.3 is 21.0 Å². The van der Waals surface area contributed by atoms with E-state index in [0.29, 0.717) is 16.7 Å². The molecule has 3 heterocycles. The number of hydrogen-bond acceptors (Lipinski definition) is 11. The van der Waals surface area contributed by atoms with Gasteiger partial charge in [0, 0.05) is 11.1 Å². The molecule has 0 saturated carbocycles. The summed E-state index contributed by atoms with van der Waals surface area (Å²) in [6, 6.07) is 3.76. The van der Waals surface area contributed by atoms with Gasteiger partial charge in [0.1, 0.15) is 29.9 Å². The van der Waals surface area contributed by atoms with E-state index >= 15 is 0 Å². The maximum Gasteiger partial charge on any atom is 0.352 e. The number of aryl methyl sites for hydroxylation is 1. The molecule has 0 aliphatic carbocycles. The molecule has 2 amide bonds. The maximum absolute atomic E-state index is 13.1. The van der Waals surface area contributed by atoms with Crippen LogP contribution in [0, 0.1) is 6.92 Å². The monoisotopic (exact) mass is 580 g/mol. The molecule has 4 rings (SSSR count). The number of β-lactam (4-membered cyclic amide) rings is 1. The van der Waals surface area contributed by atoms with E-state index in [-0.39, 0.29) is 39.3 Å². The Hall–Kier alpha value is -3.47. The average Bonchev–Trinajstić information content (AvgIpc) is 3.30. The molecule has 16 heteroatoms. The summed E-state index contributed by atoms with van der Waals surface area (Å²) in [5.74, 6) is -2.35. The van der Waals surface area contributed by atoms with Crippen molar-refractivity contribution in [2.75, 3.05) is 25.6 Å². The van der Waals surface area contributed by atoms with E-state index in [1.165, 1.54) is 43.4 Å². The first kappa shape index (κ1) is 27.6. The van der Waals surface area contributed by atoms with Crippen molar-refractivity contribution >= 4 is 61.7 Å². The molecule has 0 radical (unpaired) electrons. The van der Waals surface area contributed by atoms with Gasteiger partial charge in [0.05, 0.1) is 4.90 Å². The summed E-state index contributed by atoms with van der Waals surface area (Å²) in [5, 5.41) is 17.4. The second-order valence-corrected chi connectivity index (χ2v) is 12.2. The second kappa shape index (κ2) is 10.7. The van der Waals surface area contributed by atoms with Gasteiger partial charge in [-0.25, -0.2) is 22.9 Å². The summed E-state index contributed by atoms with van der Waals surface area (Å²) >= 11 is 2.40. The lowest BCUT2D eigenvalue weighted by molar-refractivity contribution is -0.150. The van der Waals surface area contributed by atoms with Crippen LogP contribution in [0.15, 0.2) is 44.9 Å². The van der Waals surface area contributed by atoms with Crippen LogP contribution in [0.5, 0.6) is 0 Å². The Morgan fingerprint density at radius 1 is 1.34 bits per heavy atom. The molecule has 1 fully saturated rings. The quantitative estimate of drug-likeness (QED) is 0.182. The number of hydrogen-bond donors (Lipinski definition) is 4. The number of sulfonamides is 1. The summed E-state index contributed by atoms with van der Waals surface area (Å²) in [6.07, 6.45) is 0.131. The number of carbonyl (C=O) groups is 3. The zero-order valence-corrected chi connectivity index (χ0v) is 22.9. The van der Waals surface area contributed by atoms with E-state index in [1.807, 2.05) is 0 Å². The standard InChI is InChI=1S/C22H24N6O7S3/c1-10-4-11(7-13(5-10)38(33,34)24-2)6-12-8-36-20-16(19(30)28(20)17(12)21(31)32)26-18(29)15(27-35-3)14-9-37-22(23)25-14/h4-5,7,9,16,20,24H,6,8H2,1-3H3,(H2,23,25)(H,26,29)(H,31,32)/b27-15+/t16-,20-/m1/s1. The Labute approximate surface area is 226 Å². The molecule has 38 heavy (non-hydrogen) atoms. The molecule has 1 aromatic carbocycles. The smallest absolute Gasteiger partial charge is 0.352 e. The first-order valence-corrected chi connectivity index (χ1v) is 14.5. The maximum atomic E-state index is 13.1. The number of thioether (sulfide) groups is 1. The lowest BCUT2D eigenvalue weighted by Crippen LogP contribution is -2.71. The Morgan fingerprint density at radius 2 is 2.08 bits per heavy atom. The Balaban J connectivity index is 1.57. The minimum Gasteiger partial charge on any atom is -0.477 e. The number of amides is 2. The molecule has 0 bridgehead atoms. The molecule has 2 aliphatic rings. The summed E-state index contributed by atoms with van der Waals surface area (Å²) < 4.78 is 26.8.